The molecule has 5 heteroatoms. The minimum Gasteiger partial charge on any atom is -0.488 e. The normalized spacial score (nSPS) is 12.5. The highest BCUT2D eigenvalue weighted by Crippen LogP contribution is 2.42. The van der Waals surface area contributed by atoms with Crippen molar-refractivity contribution in [2.45, 2.75) is 20.5 Å². The first-order valence-electron chi connectivity index (χ1n) is 10.0. The van der Waals surface area contributed by atoms with E-state index in [4.69, 9.17) is 4.74 Å². The molecule has 6 rings (SSSR count). The molecule has 0 amide bonds. The number of imidazole rings is 2. The molecule has 0 fully saturated rings. The average Bonchev–Trinajstić information content (AvgIpc) is 3.40. The van der Waals surface area contributed by atoms with Crippen LogP contribution < -0.4 is 4.74 Å². The van der Waals surface area contributed by atoms with Crippen LogP contribution in [0.1, 0.15) is 17.2 Å². The van der Waals surface area contributed by atoms with Crippen LogP contribution in [0.15, 0.2) is 60.9 Å². The van der Waals surface area contributed by atoms with E-state index in [9.17, 15) is 0 Å². The van der Waals surface area contributed by atoms with Gasteiger partial charge in [-0.3, -0.25) is 0 Å². The number of aromatic nitrogens is 4. The number of fused-ring (bicyclic) bond motifs is 5. The molecule has 2 aromatic heterocycles. The zero-order valence-electron chi connectivity index (χ0n) is 16.8. The second-order valence-electron chi connectivity index (χ2n) is 7.79. The van der Waals surface area contributed by atoms with Crippen LogP contribution in [-0.4, -0.2) is 19.9 Å². The quantitative estimate of drug-likeness (QED) is 0.399. The number of rotatable bonds is 2. The van der Waals surface area contributed by atoms with E-state index in [1.165, 1.54) is 21.9 Å². The molecule has 0 saturated carbocycles. The maximum absolute atomic E-state index is 6.19. The lowest BCUT2D eigenvalue weighted by Crippen LogP contribution is -2.06. The molecule has 3 heterocycles. The Kier molecular flexibility index (Phi) is 3.59. The van der Waals surface area contributed by atoms with Gasteiger partial charge in [-0.05, 0) is 48.4 Å². The summed E-state index contributed by atoms with van der Waals surface area (Å²) in [5.74, 6) is 2.74. The molecule has 5 aromatic rings. The predicted molar refractivity (Wildman–Crippen MR) is 118 cm³/mol. The van der Waals surface area contributed by atoms with E-state index in [1.54, 1.807) is 0 Å². The van der Waals surface area contributed by atoms with Gasteiger partial charge in [0.2, 0.25) is 0 Å². The lowest BCUT2D eigenvalue weighted by molar-refractivity contribution is 0.304. The average molecular weight is 392 g/mol. The van der Waals surface area contributed by atoms with E-state index >= 15 is 0 Å². The van der Waals surface area contributed by atoms with Crippen LogP contribution in [0, 0.1) is 13.8 Å². The van der Waals surface area contributed by atoms with Crippen molar-refractivity contribution >= 4 is 10.8 Å². The van der Waals surface area contributed by atoms with Crippen LogP contribution in [-0.2, 0) is 6.61 Å². The zero-order chi connectivity index (χ0) is 20.2. The topological polar surface area (TPSA) is 66.6 Å². The zero-order valence-corrected chi connectivity index (χ0v) is 16.8. The van der Waals surface area contributed by atoms with Crippen LogP contribution in [0.2, 0.25) is 0 Å². The van der Waals surface area contributed by atoms with Crippen LogP contribution >= 0.6 is 0 Å². The summed E-state index contributed by atoms with van der Waals surface area (Å²) in [4.78, 5) is 15.2. The van der Waals surface area contributed by atoms with Gasteiger partial charge in [0.15, 0.2) is 0 Å². The first-order chi connectivity index (χ1) is 14.7. The number of aromatic amines is 2. The smallest absolute Gasteiger partial charge is 0.128 e. The van der Waals surface area contributed by atoms with E-state index in [-0.39, 0.29) is 0 Å². The van der Waals surface area contributed by atoms with Crippen LogP contribution in [0.25, 0.3) is 44.4 Å². The van der Waals surface area contributed by atoms with Crippen LogP contribution in [0.5, 0.6) is 5.75 Å². The number of nitrogens with zero attached hydrogens (tertiary/aromatic N) is 2. The van der Waals surface area contributed by atoms with Gasteiger partial charge in [0.25, 0.3) is 0 Å². The highest BCUT2D eigenvalue weighted by atomic mass is 16.5. The Balaban J connectivity index is 1.44. The molecule has 2 N–H and O–H groups in total. The van der Waals surface area contributed by atoms with Crippen molar-refractivity contribution in [2.75, 3.05) is 0 Å². The molecule has 0 aliphatic carbocycles. The maximum Gasteiger partial charge on any atom is 0.128 e. The maximum atomic E-state index is 6.19. The minimum atomic E-state index is 0.563. The molecular weight excluding hydrogens is 372 g/mol. The number of hydrogen-bond donors (Lipinski definition) is 2. The SMILES string of the molecule is Cc1ncc(-c2ccc3c(c2)OCc2c-3ccc3cc(-c4cnc(C)[nH]4)ccc23)[nH]1. The summed E-state index contributed by atoms with van der Waals surface area (Å²) in [7, 11) is 0. The lowest BCUT2D eigenvalue weighted by atomic mass is 9.91. The summed E-state index contributed by atoms with van der Waals surface area (Å²) >= 11 is 0. The summed E-state index contributed by atoms with van der Waals surface area (Å²) in [5, 5.41) is 2.43. The summed E-state index contributed by atoms with van der Waals surface area (Å²) in [6.45, 7) is 4.49. The van der Waals surface area contributed by atoms with Gasteiger partial charge in [0.05, 0.1) is 23.8 Å². The third-order valence-corrected chi connectivity index (χ3v) is 5.80. The molecule has 30 heavy (non-hydrogen) atoms. The number of H-pyrrole nitrogens is 2. The first-order valence-corrected chi connectivity index (χ1v) is 10.0. The second kappa shape index (κ2) is 6.32. The molecular formula is C25H20N4O. The van der Waals surface area contributed by atoms with E-state index < -0.39 is 0 Å². The molecule has 3 aromatic carbocycles. The molecule has 0 saturated heterocycles. The number of ether oxygens (including phenoxy) is 1. The molecule has 0 spiro atoms. The first kappa shape index (κ1) is 17.0. The van der Waals surface area contributed by atoms with Gasteiger partial charge < -0.3 is 14.7 Å². The van der Waals surface area contributed by atoms with Crippen molar-refractivity contribution in [3.8, 4) is 39.4 Å². The Morgan fingerprint density at radius 3 is 2.13 bits per heavy atom. The van der Waals surface area contributed by atoms with Crippen molar-refractivity contribution in [1.29, 1.82) is 0 Å². The highest BCUT2D eigenvalue weighted by Gasteiger charge is 2.20. The second-order valence-corrected chi connectivity index (χ2v) is 7.79. The molecule has 1 aliphatic rings. The van der Waals surface area contributed by atoms with E-state index in [0.29, 0.717) is 6.61 Å². The van der Waals surface area contributed by atoms with Gasteiger partial charge in [0, 0.05) is 22.3 Å². The number of hydrogen-bond acceptors (Lipinski definition) is 3. The van der Waals surface area contributed by atoms with E-state index in [1.807, 2.05) is 26.2 Å². The summed E-state index contributed by atoms with van der Waals surface area (Å²) in [5.41, 5.74) is 7.86. The summed E-state index contributed by atoms with van der Waals surface area (Å²) in [6.07, 6.45) is 3.74. The molecule has 0 bridgehead atoms. The Morgan fingerprint density at radius 2 is 1.43 bits per heavy atom. The fourth-order valence-corrected chi connectivity index (χ4v) is 4.29. The summed E-state index contributed by atoms with van der Waals surface area (Å²) < 4.78 is 6.19. The Morgan fingerprint density at radius 1 is 0.767 bits per heavy atom. The third-order valence-electron chi connectivity index (χ3n) is 5.80. The fourth-order valence-electron chi connectivity index (χ4n) is 4.29. The molecule has 1 aliphatic heterocycles. The van der Waals surface area contributed by atoms with Gasteiger partial charge in [-0.25, -0.2) is 9.97 Å². The van der Waals surface area contributed by atoms with Crippen molar-refractivity contribution in [2.24, 2.45) is 0 Å². The molecule has 5 nitrogen and oxygen atoms in total. The summed E-state index contributed by atoms with van der Waals surface area (Å²) in [6, 6.07) is 17.3. The van der Waals surface area contributed by atoms with Crippen molar-refractivity contribution in [3.05, 3.63) is 78.1 Å². The molecule has 0 atom stereocenters. The lowest BCUT2D eigenvalue weighted by Gasteiger charge is -2.23. The Bertz CT molecular complexity index is 1430. The third kappa shape index (κ3) is 2.63. The van der Waals surface area contributed by atoms with Gasteiger partial charge in [-0.15, -0.1) is 0 Å². The van der Waals surface area contributed by atoms with Gasteiger partial charge >= 0.3 is 0 Å². The van der Waals surface area contributed by atoms with E-state index in [2.05, 4.69) is 68.5 Å². The molecule has 0 radical (unpaired) electrons. The minimum absolute atomic E-state index is 0.563. The van der Waals surface area contributed by atoms with Crippen LogP contribution in [0.4, 0.5) is 0 Å². The molecule has 0 unspecified atom stereocenters. The van der Waals surface area contributed by atoms with E-state index in [0.717, 1.165) is 45.5 Å². The fraction of sp³-hybridized carbons (Fsp3) is 0.120. The van der Waals surface area contributed by atoms with Gasteiger partial charge in [-0.2, -0.15) is 0 Å². The van der Waals surface area contributed by atoms with Gasteiger partial charge in [0.1, 0.15) is 24.0 Å². The van der Waals surface area contributed by atoms with Crippen molar-refractivity contribution < 1.29 is 4.74 Å². The number of benzene rings is 3. The van der Waals surface area contributed by atoms with Crippen molar-refractivity contribution in [1.82, 2.24) is 19.9 Å². The standard InChI is InChI=1S/C25H20N4O/c1-14-26-11-23(28-14)17-4-6-19-16(9-17)3-7-20-21-8-5-18(24-12-27-15(2)29-24)10-25(21)30-13-22(19)20/h3-12H,13H2,1-2H3,(H,26,28)(H,27,29). The number of nitrogens with one attached hydrogen (secondary N) is 2. The Labute approximate surface area is 173 Å². The van der Waals surface area contributed by atoms with Crippen LogP contribution in [0.3, 0.4) is 0 Å². The monoisotopic (exact) mass is 392 g/mol. The largest absolute Gasteiger partial charge is 0.488 e. The highest BCUT2D eigenvalue weighted by molar-refractivity contribution is 5.95. The molecule has 146 valence electrons. The predicted octanol–water partition coefficient (Wildman–Crippen LogP) is 5.80. The van der Waals surface area contributed by atoms with Gasteiger partial charge in [-0.1, -0.05) is 30.3 Å². The number of aryl methyl sites for hydroxylation is 2. The van der Waals surface area contributed by atoms with Crippen molar-refractivity contribution in [3.63, 3.8) is 0 Å². The Hall–Kier alpha value is -3.86.